The first-order valence-electron chi connectivity index (χ1n) is 12.1. The van der Waals surface area contributed by atoms with Crippen molar-refractivity contribution in [1.82, 2.24) is 0 Å². The Morgan fingerprint density at radius 1 is 0.829 bits per heavy atom. The largest absolute Gasteiger partial charge is 0.456 e. The fraction of sp³-hybridized carbons (Fsp3) is 0.250. The fourth-order valence-electron chi connectivity index (χ4n) is 5.10. The molecular weight excluding hydrogens is 428 g/mol. The van der Waals surface area contributed by atoms with Crippen LogP contribution in [0.15, 0.2) is 71.1 Å². The van der Waals surface area contributed by atoms with Crippen LogP contribution in [0.1, 0.15) is 37.6 Å². The van der Waals surface area contributed by atoms with E-state index in [1.165, 1.54) is 16.8 Å². The highest BCUT2D eigenvalue weighted by atomic mass is 16.3. The van der Waals surface area contributed by atoms with E-state index in [-0.39, 0.29) is 5.41 Å². The summed E-state index contributed by atoms with van der Waals surface area (Å²) >= 11 is 0. The third kappa shape index (κ3) is 3.90. The lowest BCUT2D eigenvalue weighted by Gasteiger charge is -2.19. The van der Waals surface area contributed by atoms with Crippen molar-refractivity contribution in [3.63, 3.8) is 0 Å². The van der Waals surface area contributed by atoms with Crippen molar-refractivity contribution in [2.75, 3.05) is 0 Å². The van der Waals surface area contributed by atoms with Crippen molar-refractivity contribution >= 4 is 27.6 Å². The smallest absolute Gasteiger partial charge is 0.216 e. The molecule has 5 aromatic rings. The number of furan rings is 1. The molecule has 174 valence electrons. The first kappa shape index (κ1) is 22.9. The van der Waals surface area contributed by atoms with Gasteiger partial charge < -0.3 is 4.42 Å². The van der Waals surface area contributed by atoms with E-state index >= 15 is 0 Å². The molecule has 3 heteroatoms. The van der Waals surface area contributed by atoms with Gasteiger partial charge in [0.25, 0.3) is 0 Å². The van der Waals surface area contributed by atoms with Crippen LogP contribution in [0.5, 0.6) is 0 Å². The van der Waals surface area contributed by atoms with Gasteiger partial charge in [0.15, 0.2) is 11.4 Å². The predicted octanol–water partition coefficient (Wildman–Crippen LogP) is 8.50. The van der Waals surface area contributed by atoms with Crippen LogP contribution in [0.2, 0.25) is 0 Å². The van der Waals surface area contributed by atoms with Crippen molar-refractivity contribution in [1.29, 1.82) is 0 Å². The minimum atomic E-state index is 0.225. The summed E-state index contributed by atoms with van der Waals surface area (Å²) in [7, 11) is 2.14. The Labute approximate surface area is 207 Å². The number of hydrogen-bond acceptors (Lipinski definition) is 1. The van der Waals surface area contributed by atoms with Crippen LogP contribution in [0, 0.1) is 25.8 Å². The van der Waals surface area contributed by atoms with Gasteiger partial charge in [0, 0.05) is 34.9 Å². The Morgan fingerprint density at radius 2 is 1.49 bits per heavy atom. The second-order valence-corrected chi connectivity index (χ2v) is 10.7. The topological polar surface area (TPSA) is 21.4 Å². The molecule has 0 unspecified atom stereocenters. The van der Waals surface area contributed by atoms with Crippen LogP contribution in [-0.4, -0.2) is 0 Å². The van der Waals surface area contributed by atoms with E-state index in [9.17, 15) is 0 Å². The molecule has 0 N–H and O–H groups in total. The molecule has 0 atom stereocenters. The maximum atomic E-state index is 7.77. The van der Waals surface area contributed by atoms with Gasteiger partial charge >= 0.3 is 0 Å². The number of fused-ring (bicyclic) bond motifs is 3. The normalized spacial score (nSPS) is 11.8. The monoisotopic (exact) mass is 459 g/mol. The molecule has 3 nitrogen and oxygen atoms in total. The van der Waals surface area contributed by atoms with Crippen molar-refractivity contribution < 1.29 is 8.98 Å². The van der Waals surface area contributed by atoms with Crippen LogP contribution in [0.3, 0.4) is 0 Å². The average molecular weight is 460 g/mol. The van der Waals surface area contributed by atoms with Gasteiger partial charge in [-0.25, -0.2) is 4.85 Å². The standard InChI is InChI=1S/C32H31N2O/c1-20-13-15-24-25-16-17-26(33-6)29(22-11-9-8-10-12-22)31(25)35-30(24)28(20)27-18-14-23(19-32(3,4)5)21(2)34(27)7/h8-18H,19H2,1-5,7H3/q+1. The van der Waals surface area contributed by atoms with E-state index < -0.39 is 0 Å². The summed E-state index contributed by atoms with van der Waals surface area (Å²) in [6.45, 7) is 19.0. The van der Waals surface area contributed by atoms with Crippen molar-refractivity contribution in [3.05, 3.63) is 95.0 Å². The lowest BCUT2D eigenvalue weighted by molar-refractivity contribution is -0.667. The second-order valence-electron chi connectivity index (χ2n) is 10.7. The number of pyridine rings is 1. The highest BCUT2D eigenvalue weighted by Crippen LogP contribution is 2.44. The maximum absolute atomic E-state index is 7.77. The Hall–Kier alpha value is -3.90. The first-order chi connectivity index (χ1) is 16.7. The molecule has 0 spiro atoms. The number of nitrogens with zero attached hydrogens (tertiary/aromatic N) is 2. The van der Waals surface area contributed by atoms with Gasteiger partial charge in [-0.3, -0.25) is 0 Å². The van der Waals surface area contributed by atoms with E-state index in [2.05, 4.69) is 75.3 Å². The van der Waals surface area contributed by atoms with Crippen molar-refractivity contribution in [3.8, 4) is 22.4 Å². The van der Waals surface area contributed by atoms with Crippen LogP contribution in [0.25, 0.3) is 49.2 Å². The van der Waals surface area contributed by atoms with E-state index in [0.717, 1.165) is 50.7 Å². The summed E-state index contributed by atoms with van der Waals surface area (Å²) in [5.41, 5.74) is 10.4. The van der Waals surface area contributed by atoms with Gasteiger partial charge in [0.2, 0.25) is 5.69 Å². The molecular formula is C32H31N2O+. The molecule has 0 aliphatic heterocycles. The number of benzene rings is 3. The fourth-order valence-corrected chi connectivity index (χ4v) is 5.10. The lowest BCUT2D eigenvalue weighted by atomic mass is 9.87. The first-order valence-corrected chi connectivity index (χ1v) is 12.1. The van der Waals surface area contributed by atoms with Crippen molar-refractivity contribution in [2.24, 2.45) is 12.5 Å². The van der Waals surface area contributed by atoms with Gasteiger partial charge in [-0.15, -0.1) is 0 Å². The zero-order valence-electron chi connectivity index (χ0n) is 21.4. The third-order valence-electron chi connectivity index (χ3n) is 6.93. The molecule has 35 heavy (non-hydrogen) atoms. The molecule has 0 saturated heterocycles. The number of aromatic nitrogens is 1. The molecule has 0 aliphatic rings. The minimum Gasteiger partial charge on any atom is -0.456 e. The second kappa shape index (κ2) is 8.40. The van der Waals surface area contributed by atoms with E-state index in [1.54, 1.807) is 0 Å². The molecule has 2 aromatic heterocycles. The van der Waals surface area contributed by atoms with Gasteiger partial charge in [-0.05, 0) is 36.0 Å². The van der Waals surface area contributed by atoms with E-state index in [1.807, 2.05) is 42.5 Å². The molecule has 0 fully saturated rings. The quantitative estimate of drug-likeness (QED) is 0.196. The summed E-state index contributed by atoms with van der Waals surface area (Å²) in [6, 6.07) is 22.8. The zero-order valence-corrected chi connectivity index (χ0v) is 21.4. The molecule has 0 aliphatic carbocycles. The molecule has 5 rings (SSSR count). The Morgan fingerprint density at radius 3 is 2.14 bits per heavy atom. The summed E-state index contributed by atoms with van der Waals surface area (Å²) in [6.07, 6.45) is 1.03. The van der Waals surface area contributed by atoms with E-state index in [0.29, 0.717) is 5.69 Å². The molecule has 0 amide bonds. The number of rotatable bonds is 3. The average Bonchev–Trinajstić information content (AvgIpc) is 3.20. The predicted molar refractivity (Wildman–Crippen MR) is 145 cm³/mol. The van der Waals surface area contributed by atoms with Crippen molar-refractivity contribution in [2.45, 2.75) is 41.0 Å². The zero-order chi connectivity index (χ0) is 24.9. The third-order valence-corrected chi connectivity index (χ3v) is 6.93. The number of hydrogen-bond donors (Lipinski definition) is 0. The summed E-state index contributed by atoms with van der Waals surface area (Å²) in [4.78, 5) is 3.82. The van der Waals surface area contributed by atoms with Crippen LogP contribution in [0.4, 0.5) is 5.69 Å². The van der Waals surface area contributed by atoms with E-state index in [4.69, 9.17) is 11.0 Å². The summed E-state index contributed by atoms with van der Waals surface area (Å²) in [5, 5.41) is 2.11. The van der Waals surface area contributed by atoms with Crippen LogP contribution >= 0.6 is 0 Å². The number of aryl methyl sites for hydroxylation is 1. The molecule has 0 bridgehead atoms. The van der Waals surface area contributed by atoms with Gasteiger partial charge in [0.05, 0.1) is 12.1 Å². The minimum absolute atomic E-state index is 0.225. The summed E-state index contributed by atoms with van der Waals surface area (Å²) < 4.78 is 8.99. The molecule has 0 saturated carbocycles. The van der Waals surface area contributed by atoms with Gasteiger partial charge in [-0.1, -0.05) is 75.4 Å². The van der Waals surface area contributed by atoms with Gasteiger partial charge in [-0.2, -0.15) is 4.57 Å². The Bertz CT molecular complexity index is 1630. The van der Waals surface area contributed by atoms with Crippen LogP contribution in [-0.2, 0) is 13.5 Å². The maximum Gasteiger partial charge on any atom is 0.216 e. The summed E-state index contributed by atoms with van der Waals surface area (Å²) in [5.74, 6) is 0. The lowest BCUT2D eigenvalue weighted by Crippen LogP contribution is -2.36. The Kier molecular flexibility index (Phi) is 5.49. The SMILES string of the molecule is [C-]#[N+]c1ccc2c(oc3c(-c4ccc(CC(C)(C)C)c(C)[n+]4C)c(C)ccc32)c1-c1ccccc1. The molecule has 0 radical (unpaired) electrons. The highest BCUT2D eigenvalue weighted by molar-refractivity contribution is 6.15. The van der Waals surface area contributed by atoms with Crippen LogP contribution < -0.4 is 4.57 Å². The highest BCUT2D eigenvalue weighted by Gasteiger charge is 2.25. The Balaban J connectivity index is 1.81. The molecule has 2 heterocycles. The van der Waals surface area contributed by atoms with Gasteiger partial charge in [0.1, 0.15) is 18.2 Å². The molecule has 3 aromatic carbocycles.